The number of aromatic nitrogens is 2. The smallest absolute Gasteiger partial charge is 0.226 e. The molecular weight excluding hydrogens is 270 g/mol. The summed E-state index contributed by atoms with van der Waals surface area (Å²) in [5, 5.41) is 7.22. The summed E-state index contributed by atoms with van der Waals surface area (Å²) in [4.78, 5) is 5.65. The van der Waals surface area contributed by atoms with Crippen molar-refractivity contribution in [2.24, 2.45) is 0 Å². The summed E-state index contributed by atoms with van der Waals surface area (Å²) in [5.74, 6) is 2.24. The van der Waals surface area contributed by atoms with E-state index in [1.54, 1.807) is 11.8 Å². The Bertz CT molecular complexity index is 524. The number of hydrogen-bond acceptors (Lipinski definition) is 5. The second-order valence-corrected chi connectivity index (χ2v) is 5.98. The standard InChI is InChI=1S/C15H21N3OS/c1-11-4-7-13(8-5-11)20-10-14-17-15(19-18-14)9-6-12(2)16-3/h4-5,7-8,12,16H,6,9-10H2,1-3H3. The van der Waals surface area contributed by atoms with Crippen LogP contribution < -0.4 is 5.32 Å². The van der Waals surface area contributed by atoms with E-state index in [9.17, 15) is 0 Å². The van der Waals surface area contributed by atoms with Crippen molar-refractivity contribution in [1.82, 2.24) is 15.5 Å². The highest BCUT2D eigenvalue weighted by Crippen LogP contribution is 2.21. The Balaban J connectivity index is 1.82. The summed E-state index contributed by atoms with van der Waals surface area (Å²) in [6.45, 7) is 4.23. The molecule has 1 N–H and O–H groups in total. The van der Waals surface area contributed by atoms with E-state index in [2.05, 4.69) is 53.6 Å². The van der Waals surface area contributed by atoms with E-state index in [-0.39, 0.29) is 0 Å². The van der Waals surface area contributed by atoms with Gasteiger partial charge in [0.15, 0.2) is 5.82 Å². The highest BCUT2D eigenvalue weighted by atomic mass is 32.2. The molecule has 108 valence electrons. The van der Waals surface area contributed by atoms with E-state index < -0.39 is 0 Å². The number of nitrogens with one attached hydrogen (secondary N) is 1. The van der Waals surface area contributed by atoms with Gasteiger partial charge < -0.3 is 9.84 Å². The Kier molecular flexibility index (Phi) is 5.61. The van der Waals surface area contributed by atoms with Crippen molar-refractivity contribution >= 4 is 11.8 Å². The summed E-state index contributed by atoms with van der Waals surface area (Å²) in [5.41, 5.74) is 1.27. The van der Waals surface area contributed by atoms with E-state index in [0.29, 0.717) is 6.04 Å². The molecule has 2 rings (SSSR count). The Morgan fingerprint density at radius 2 is 2.05 bits per heavy atom. The molecule has 1 unspecified atom stereocenters. The maximum Gasteiger partial charge on any atom is 0.226 e. The Morgan fingerprint density at radius 3 is 2.75 bits per heavy atom. The van der Waals surface area contributed by atoms with E-state index in [1.165, 1.54) is 10.5 Å². The molecule has 0 saturated carbocycles. The molecule has 0 bridgehead atoms. The van der Waals surface area contributed by atoms with Crippen molar-refractivity contribution in [2.45, 2.75) is 43.4 Å². The van der Waals surface area contributed by atoms with Crippen LogP contribution in [0.25, 0.3) is 0 Å². The Labute approximate surface area is 124 Å². The molecule has 1 aromatic carbocycles. The van der Waals surface area contributed by atoms with E-state index in [4.69, 9.17) is 4.52 Å². The van der Waals surface area contributed by atoms with Crippen LogP contribution in [0.2, 0.25) is 0 Å². The molecule has 0 aliphatic heterocycles. The van der Waals surface area contributed by atoms with Crippen LogP contribution in [-0.2, 0) is 12.2 Å². The molecule has 0 aliphatic rings. The molecule has 20 heavy (non-hydrogen) atoms. The van der Waals surface area contributed by atoms with E-state index in [0.717, 1.165) is 30.3 Å². The number of aryl methyl sites for hydroxylation is 2. The minimum Gasteiger partial charge on any atom is -0.339 e. The first kappa shape index (κ1) is 15.1. The summed E-state index contributed by atoms with van der Waals surface area (Å²) in [6, 6.07) is 8.93. The number of nitrogens with zero attached hydrogens (tertiary/aromatic N) is 2. The lowest BCUT2D eigenvalue weighted by Crippen LogP contribution is -2.21. The number of rotatable bonds is 7. The Hall–Kier alpha value is -1.33. The highest BCUT2D eigenvalue weighted by Gasteiger charge is 2.08. The van der Waals surface area contributed by atoms with E-state index >= 15 is 0 Å². The van der Waals surface area contributed by atoms with Gasteiger partial charge in [-0.3, -0.25) is 0 Å². The molecule has 1 heterocycles. The zero-order valence-electron chi connectivity index (χ0n) is 12.2. The van der Waals surface area contributed by atoms with Crippen molar-refractivity contribution in [3.8, 4) is 0 Å². The molecule has 0 spiro atoms. The minimum absolute atomic E-state index is 0.465. The van der Waals surface area contributed by atoms with Gasteiger partial charge in [0.25, 0.3) is 0 Å². The second-order valence-electron chi connectivity index (χ2n) is 4.93. The highest BCUT2D eigenvalue weighted by molar-refractivity contribution is 7.98. The van der Waals surface area contributed by atoms with Gasteiger partial charge in [0, 0.05) is 17.4 Å². The summed E-state index contributed by atoms with van der Waals surface area (Å²) >= 11 is 1.73. The second kappa shape index (κ2) is 7.45. The quantitative estimate of drug-likeness (QED) is 0.794. The van der Waals surface area contributed by atoms with Crippen molar-refractivity contribution < 1.29 is 4.52 Å². The van der Waals surface area contributed by atoms with Gasteiger partial charge in [0.05, 0.1) is 5.75 Å². The molecular formula is C15H21N3OS. The molecule has 1 aromatic heterocycles. The van der Waals surface area contributed by atoms with Crippen LogP contribution >= 0.6 is 11.8 Å². The van der Waals surface area contributed by atoms with Gasteiger partial charge in [-0.1, -0.05) is 22.9 Å². The number of benzene rings is 1. The molecule has 2 aromatic rings. The van der Waals surface area contributed by atoms with Crippen LogP contribution in [-0.4, -0.2) is 23.2 Å². The summed E-state index contributed by atoms with van der Waals surface area (Å²) in [6.07, 6.45) is 1.83. The van der Waals surface area contributed by atoms with Crippen LogP contribution in [0.15, 0.2) is 33.7 Å². The van der Waals surface area contributed by atoms with Crippen molar-refractivity contribution in [3.05, 3.63) is 41.5 Å². The van der Waals surface area contributed by atoms with Crippen LogP contribution in [0.3, 0.4) is 0 Å². The summed E-state index contributed by atoms with van der Waals surface area (Å²) in [7, 11) is 1.96. The molecule has 0 aliphatic carbocycles. The molecule has 0 radical (unpaired) electrons. The first-order valence-electron chi connectivity index (χ1n) is 6.85. The predicted molar refractivity (Wildman–Crippen MR) is 81.9 cm³/mol. The lowest BCUT2D eigenvalue weighted by atomic mass is 10.2. The molecule has 0 fully saturated rings. The molecule has 1 atom stereocenters. The fourth-order valence-electron chi connectivity index (χ4n) is 1.72. The predicted octanol–water partition coefficient (Wildman–Crippen LogP) is 3.21. The maximum absolute atomic E-state index is 5.26. The third-order valence-corrected chi connectivity index (χ3v) is 4.19. The first-order valence-corrected chi connectivity index (χ1v) is 7.84. The van der Waals surface area contributed by atoms with Gasteiger partial charge in [-0.2, -0.15) is 4.98 Å². The fraction of sp³-hybridized carbons (Fsp3) is 0.467. The van der Waals surface area contributed by atoms with Crippen molar-refractivity contribution in [1.29, 1.82) is 0 Å². The first-order chi connectivity index (χ1) is 9.67. The van der Waals surface area contributed by atoms with Crippen LogP contribution in [0, 0.1) is 6.92 Å². The topological polar surface area (TPSA) is 51.0 Å². The van der Waals surface area contributed by atoms with Gasteiger partial charge in [-0.25, -0.2) is 0 Å². The molecule has 0 saturated heterocycles. The maximum atomic E-state index is 5.26. The van der Waals surface area contributed by atoms with Gasteiger partial charge >= 0.3 is 0 Å². The monoisotopic (exact) mass is 291 g/mol. The SMILES string of the molecule is CNC(C)CCc1nc(CSc2ccc(C)cc2)no1. The van der Waals surface area contributed by atoms with Crippen molar-refractivity contribution in [2.75, 3.05) is 7.05 Å². The lowest BCUT2D eigenvalue weighted by Gasteiger charge is -2.06. The largest absolute Gasteiger partial charge is 0.339 e. The molecule has 5 heteroatoms. The Morgan fingerprint density at radius 1 is 1.30 bits per heavy atom. The van der Waals surface area contributed by atoms with Crippen molar-refractivity contribution in [3.63, 3.8) is 0 Å². The lowest BCUT2D eigenvalue weighted by molar-refractivity contribution is 0.365. The minimum atomic E-state index is 0.465. The summed E-state index contributed by atoms with van der Waals surface area (Å²) < 4.78 is 5.26. The van der Waals surface area contributed by atoms with E-state index in [1.807, 2.05) is 7.05 Å². The molecule has 0 amide bonds. The van der Waals surface area contributed by atoms with Gasteiger partial charge in [-0.05, 0) is 39.4 Å². The third kappa shape index (κ3) is 4.65. The third-order valence-electron chi connectivity index (χ3n) is 3.18. The fourth-order valence-corrected chi connectivity index (χ4v) is 2.46. The van der Waals surface area contributed by atoms with Gasteiger partial charge in [-0.15, -0.1) is 11.8 Å². The number of hydrogen-bond donors (Lipinski definition) is 1. The average Bonchev–Trinajstić information content (AvgIpc) is 2.92. The van der Waals surface area contributed by atoms with Gasteiger partial charge in [0.1, 0.15) is 0 Å². The van der Waals surface area contributed by atoms with Crippen LogP contribution in [0.5, 0.6) is 0 Å². The zero-order valence-corrected chi connectivity index (χ0v) is 13.0. The van der Waals surface area contributed by atoms with Crippen LogP contribution in [0.1, 0.15) is 30.6 Å². The normalized spacial score (nSPS) is 12.6. The molecule has 4 nitrogen and oxygen atoms in total. The van der Waals surface area contributed by atoms with Crippen LogP contribution in [0.4, 0.5) is 0 Å². The average molecular weight is 291 g/mol. The number of thioether (sulfide) groups is 1. The zero-order chi connectivity index (χ0) is 14.4. The van der Waals surface area contributed by atoms with Gasteiger partial charge in [0.2, 0.25) is 5.89 Å².